The lowest BCUT2D eigenvalue weighted by Crippen LogP contribution is -2.51. The smallest absolute Gasteiger partial charge is 0.407 e. The Balaban J connectivity index is 0.00000151. The summed E-state index contributed by atoms with van der Waals surface area (Å²) in [5.41, 5.74) is 0.786. The fraction of sp³-hybridized carbons (Fsp3) is 0.588. The van der Waals surface area contributed by atoms with E-state index in [4.69, 9.17) is 19.3 Å². The van der Waals surface area contributed by atoms with E-state index >= 15 is 0 Å². The Kier molecular flexibility index (Phi) is 9.22. The van der Waals surface area contributed by atoms with Crippen molar-refractivity contribution in [2.75, 3.05) is 13.7 Å². The normalized spacial score (nSPS) is 25.4. The fourth-order valence-corrected chi connectivity index (χ4v) is 2.18. The van der Waals surface area contributed by atoms with Crippen molar-refractivity contribution in [3.8, 4) is 5.75 Å². The van der Waals surface area contributed by atoms with Crippen molar-refractivity contribution in [1.29, 1.82) is 0 Å². The van der Waals surface area contributed by atoms with Crippen LogP contribution in [0.5, 0.6) is 5.75 Å². The maximum Gasteiger partial charge on any atom is 0.407 e. The molecule has 8 nitrogen and oxygen atoms in total. The van der Waals surface area contributed by atoms with Crippen molar-refractivity contribution >= 4 is 6.09 Å². The topological polar surface area (TPSA) is 117 Å². The first-order valence-corrected chi connectivity index (χ1v) is 8.26. The van der Waals surface area contributed by atoms with Crippen LogP contribution in [-0.2, 0) is 16.1 Å². The van der Waals surface area contributed by atoms with Gasteiger partial charge in [-0.15, -0.1) is 0 Å². The number of nitrogens with one attached hydrogen (secondary N) is 1. The Labute approximate surface area is 147 Å². The van der Waals surface area contributed by atoms with Crippen LogP contribution in [0.2, 0.25) is 0 Å². The molecule has 1 heterocycles. The molecule has 2 rings (SSSR count). The molecule has 142 valence electrons. The number of alkyl carbamates (subject to hydrolysis) is 1. The zero-order valence-electron chi connectivity index (χ0n) is 14.7. The van der Waals surface area contributed by atoms with Gasteiger partial charge in [0.1, 0.15) is 24.6 Å². The molecule has 1 aromatic carbocycles. The Morgan fingerprint density at radius 1 is 1.28 bits per heavy atom. The minimum atomic E-state index is -1.14. The molecule has 0 bridgehead atoms. The molecular formula is C17H27NO7. The van der Waals surface area contributed by atoms with Crippen molar-refractivity contribution < 1.29 is 34.3 Å². The molecule has 1 amide bonds. The molecule has 1 aromatic rings. The first-order valence-electron chi connectivity index (χ1n) is 8.26. The van der Waals surface area contributed by atoms with Crippen molar-refractivity contribution in [2.24, 2.45) is 0 Å². The Hall–Kier alpha value is -1.87. The zero-order valence-corrected chi connectivity index (χ0v) is 14.7. The molecule has 0 radical (unpaired) electrons. The summed E-state index contributed by atoms with van der Waals surface area (Å²) in [6, 6.07) is 6.82. The molecule has 1 fully saturated rings. The average Bonchev–Trinajstić information content (AvgIpc) is 2.65. The highest BCUT2D eigenvalue weighted by molar-refractivity contribution is 5.66. The van der Waals surface area contributed by atoms with E-state index in [1.165, 1.54) is 7.05 Å². The van der Waals surface area contributed by atoms with Gasteiger partial charge in [-0.05, 0) is 17.7 Å². The van der Waals surface area contributed by atoms with E-state index in [1.54, 1.807) is 24.3 Å². The van der Waals surface area contributed by atoms with Crippen LogP contribution in [0, 0.1) is 0 Å². The van der Waals surface area contributed by atoms with Crippen LogP contribution in [0.1, 0.15) is 25.8 Å². The molecule has 0 saturated carbocycles. The van der Waals surface area contributed by atoms with E-state index in [2.05, 4.69) is 5.32 Å². The van der Waals surface area contributed by atoms with Gasteiger partial charge in [-0.2, -0.15) is 0 Å². The number of hydrogen-bond donors (Lipinski definition) is 4. The molecule has 4 N–H and O–H groups in total. The third kappa shape index (κ3) is 6.50. The molecule has 0 aliphatic carbocycles. The number of amides is 1. The Bertz CT molecular complexity index is 508. The highest BCUT2D eigenvalue weighted by Crippen LogP contribution is 2.24. The quantitative estimate of drug-likeness (QED) is 0.615. The van der Waals surface area contributed by atoms with E-state index in [1.807, 2.05) is 13.8 Å². The summed E-state index contributed by atoms with van der Waals surface area (Å²) in [6.07, 6.45) is -4.22. The lowest BCUT2D eigenvalue weighted by molar-refractivity contribution is -0.229. The molecule has 1 saturated heterocycles. The van der Waals surface area contributed by atoms with Crippen molar-refractivity contribution in [2.45, 2.75) is 51.5 Å². The van der Waals surface area contributed by atoms with Gasteiger partial charge >= 0.3 is 6.09 Å². The van der Waals surface area contributed by atoms with Crippen LogP contribution in [0.25, 0.3) is 0 Å². The SMILES string of the molecule is CC.CNC(=O)OCc1ccc(OC2CC(O)C(O)C(CO)O2)cc1. The summed E-state index contributed by atoms with van der Waals surface area (Å²) >= 11 is 0. The molecule has 0 aromatic heterocycles. The third-order valence-electron chi connectivity index (χ3n) is 3.48. The van der Waals surface area contributed by atoms with Crippen molar-refractivity contribution in [3.63, 3.8) is 0 Å². The van der Waals surface area contributed by atoms with E-state index in [0.29, 0.717) is 5.75 Å². The van der Waals surface area contributed by atoms with Crippen LogP contribution in [-0.4, -0.2) is 59.7 Å². The van der Waals surface area contributed by atoms with E-state index in [-0.39, 0.29) is 13.0 Å². The molecular weight excluding hydrogens is 330 g/mol. The van der Waals surface area contributed by atoms with Gasteiger partial charge in [-0.25, -0.2) is 4.79 Å². The van der Waals surface area contributed by atoms with Gasteiger partial charge in [-0.3, -0.25) is 0 Å². The average molecular weight is 357 g/mol. The number of aliphatic hydroxyl groups is 3. The Morgan fingerprint density at radius 2 is 1.92 bits per heavy atom. The highest BCUT2D eigenvalue weighted by atomic mass is 16.7. The third-order valence-corrected chi connectivity index (χ3v) is 3.48. The summed E-state index contributed by atoms with van der Waals surface area (Å²) in [7, 11) is 1.48. The predicted molar refractivity (Wildman–Crippen MR) is 90.0 cm³/mol. The van der Waals surface area contributed by atoms with Gasteiger partial charge in [0.25, 0.3) is 0 Å². The van der Waals surface area contributed by atoms with Crippen LogP contribution in [0.4, 0.5) is 4.79 Å². The minimum absolute atomic E-state index is 0.0964. The molecule has 0 spiro atoms. The number of carbonyl (C=O) groups excluding carboxylic acids is 1. The minimum Gasteiger partial charge on any atom is -0.465 e. The maximum absolute atomic E-state index is 11.0. The van der Waals surface area contributed by atoms with Gasteiger partial charge < -0.3 is 34.8 Å². The van der Waals surface area contributed by atoms with Crippen molar-refractivity contribution in [1.82, 2.24) is 5.32 Å². The van der Waals surface area contributed by atoms with E-state index < -0.39 is 37.3 Å². The van der Waals surface area contributed by atoms with E-state index in [0.717, 1.165) is 5.56 Å². The molecule has 1 aliphatic rings. The monoisotopic (exact) mass is 357 g/mol. The highest BCUT2D eigenvalue weighted by Gasteiger charge is 2.37. The summed E-state index contributed by atoms with van der Waals surface area (Å²) < 4.78 is 15.9. The largest absolute Gasteiger partial charge is 0.465 e. The first-order chi connectivity index (χ1) is 12.0. The number of benzene rings is 1. The Morgan fingerprint density at radius 3 is 2.48 bits per heavy atom. The van der Waals surface area contributed by atoms with Gasteiger partial charge in [0.05, 0.1) is 12.7 Å². The first kappa shape index (κ1) is 21.2. The van der Waals surface area contributed by atoms with Gasteiger partial charge in [-0.1, -0.05) is 26.0 Å². The summed E-state index contributed by atoms with van der Waals surface area (Å²) in [4.78, 5) is 11.0. The molecule has 25 heavy (non-hydrogen) atoms. The summed E-state index contributed by atoms with van der Waals surface area (Å²) in [5, 5.41) is 30.9. The van der Waals surface area contributed by atoms with Gasteiger partial charge in [0.15, 0.2) is 0 Å². The molecule has 4 atom stereocenters. The van der Waals surface area contributed by atoms with Crippen LogP contribution < -0.4 is 10.1 Å². The second-order valence-electron chi connectivity index (χ2n) is 5.17. The number of aliphatic hydroxyl groups excluding tert-OH is 3. The van der Waals surface area contributed by atoms with Crippen molar-refractivity contribution in [3.05, 3.63) is 29.8 Å². The summed E-state index contributed by atoms with van der Waals surface area (Å²) in [5.74, 6) is 0.499. The fourth-order valence-electron chi connectivity index (χ4n) is 2.18. The summed E-state index contributed by atoms with van der Waals surface area (Å²) in [6.45, 7) is 3.73. The van der Waals surface area contributed by atoms with Gasteiger partial charge in [0, 0.05) is 13.5 Å². The second-order valence-corrected chi connectivity index (χ2v) is 5.17. The van der Waals surface area contributed by atoms with Gasteiger partial charge in [0.2, 0.25) is 6.29 Å². The lowest BCUT2D eigenvalue weighted by Gasteiger charge is -2.36. The molecule has 4 unspecified atom stereocenters. The second kappa shape index (κ2) is 10.9. The zero-order chi connectivity index (χ0) is 18.8. The van der Waals surface area contributed by atoms with E-state index in [9.17, 15) is 15.0 Å². The maximum atomic E-state index is 11.0. The number of rotatable bonds is 5. The molecule has 8 heteroatoms. The predicted octanol–water partition coefficient (Wildman–Crippen LogP) is 0.777. The number of hydrogen-bond acceptors (Lipinski definition) is 7. The lowest BCUT2D eigenvalue weighted by atomic mass is 10.0. The van der Waals surface area contributed by atoms with Crippen LogP contribution >= 0.6 is 0 Å². The van der Waals surface area contributed by atoms with Crippen LogP contribution in [0.15, 0.2) is 24.3 Å². The van der Waals surface area contributed by atoms with Crippen LogP contribution in [0.3, 0.4) is 0 Å². The number of carbonyl (C=O) groups is 1. The standard InChI is InChI=1S/C15H21NO7.C2H6/c1-16-15(20)21-8-9-2-4-10(5-3-9)22-13-6-11(18)14(19)12(7-17)23-13;1-2/h2-5,11-14,17-19H,6-8H2,1H3,(H,16,20);1-2H3. The molecule has 1 aliphatic heterocycles. The number of ether oxygens (including phenoxy) is 3.